The second kappa shape index (κ2) is 11.7. The number of rotatable bonds is 11. The van der Waals surface area contributed by atoms with Crippen LogP contribution >= 0.6 is 0 Å². The summed E-state index contributed by atoms with van der Waals surface area (Å²) in [5, 5.41) is 3.76. The zero-order valence-electron chi connectivity index (χ0n) is 20.3. The van der Waals surface area contributed by atoms with E-state index in [0.29, 0.717) is 17.9 Å². The highest BCUT2D eigenvalue weighted by molar-refractivity contribution is 5.47. The lowest BCUT2D eigenvalue weighted by atomic mass is 9.92. The van der Waals surface area contributed by atoms with Crippen molar-refractivity contribution in [3.05, 3.63) is 113 Å². The highest BCUT2D eigenvalue weighted by atomic mass is 14.9. The van der Waals surface area contributed by atoms with Crippen LogP contribution < -0.4 is 5.32 Å². The third-order valence-corrected chi connectivity index (χ3v) is 6.36. The number of hydrogen-bond donors (Lipinski definition) is 1. The fourth-order valence-corrected chi connectivity index (χ4v) is 4.16. The summed E-state index contributed by atoms with van der Waals surface area (Å²) in [7, 11) is 0. The fraction of sp³-hybridized carbons (Fsp3) is 0.355. The first kappa shape index (κ1) is 23.9. The maximum atomic E-state index is 4.01. The van der Waals surface area contributed by atoms with E-state index >= 15 is 0 Å². The summed E-state index contributed by atoms with van der Waals surface area (Å²) in [6.07, 6.45) is 4.40. The molecule has 0 heterocycles. The number of benzene rings is 3. The van der Waals surface area contributed by atoms with Crippen LogP contribution in [0, 0.1) is 5.92 Å². The molecule has 0 saturated heterocycles. The smallest absolute Gasteiger partial charge is 0.0536 e. The monoisotopic (exact) mass is 425 g/mol. The van der Waals surface area contributed by atoms with Gasteiger partial charge in [-0.2, -0.15) is 0 Å². The predicted octanol–water partition coefficient (Wildman–Crippen LogP) is 8.74. The summed E-state index contributed by atoms with van der Waals surface area (Å²) in [4.78, 5) is 0. The average Bonchev–Trinajstić information content (AvgIpc) is 2.81. The highest BCUT2D eigenvalue weighted by Crippen LogP contribution is 2.28. The summed E-state index contributed by atoms with van der Waals surface area (Å²) in [6.45, 7) is 13.0. The Morgan fingerprint density at radius 1 is 0.750 bits per heavy atom. The molecule has 0 fully saturated rings. The molecule has 3 aromatic rings. The lowest BCUT2D eigenvalue weighted by Crippen LogP contribution is -2.16. The van der Waals surface area contributed by atoms with Crippen LogP contribution in [-0.4, -0.2) is 0 Å². The highest BCUT2D eigenvalue weighted by Gasteiger charge is 2.16. The maximum Gasteiger partial charge on any atom is 0.0536 e. The SMILES string of the molecule is C=C(C)CCc1ccc(NC(c2ccc(CCC(C)c3ccccc3)cc2)C(C)C)cc1. The normalized spacial score (nSPS) is 13.0. The van der Waals surface area contributed by atoms with Crippen LogP contribution in [0.25, 0.3) is 0 Å². The van der Waals surface area contributed by atoms with Gasteiger partial charge in [-0.15, -0.1) is 6.58 Å². The lowest BCUT2D eigenvalue weighted by Gasteiger charge is -2.24. The van der Waals surface area contributed by atoms with E-state index in [2.05, 4.69) is 118 Å². The van der Waals surface area contributed by atoms with E-state index in [1.54, 1.807) is 0 Å². The molecule has 32 heavy (non-hydrogen) atoms. The molecule has 0 spiro atoms. The molecule has 1 N–H and O–H groups in total. The Labute approximate surface area is 195 Å². The van der Waals surface area contributed by atoms with E-state index in [0.717, 1.165) is 19.3 Å². The average molecular weight is 426 g/mol. The van der Waals surface area contributed by atoms with Crippen LogP contribution in [-0.2, 0) is 12.8 Å². The van der Waals surface area contributed by atoms with Gasteiger partial charge in [0.1, 0.15) is 0 Å². The van der Waals surface area contributed by atoms with Gasteiger partial charge < -0.3 is 5.32 Å². The molecule has 0 radical (unpaired) electrons. The van der Waals surface area contributed by atoms with Crippen LogP contribution in [0.2, 0.25) is 0 Å². The van der Waals surface area contributed by atoms with Crippen molar-refractivity contribution in [1.82, 2.24) is 0 Å². The van der Waals surface area contributed by atoms with Gasteiger partial charge in [-0.3, -0.25) is 0 Å². The van der Waals surface area contributed by atoms with E-state index in [1.165, 1.54) is 39.9 Å². The molecule has 0 saturated carbocycles. The van der Waals surface area contributed by atoms with E-state index < -0.39 is 0 Å². The van der Waals surface area contributed by atoms with Crippen molar-refractivity contribution in [1.29, 1.82) is 0 Å². The minimum atomic E-state index is 0.300. The zero-order chi connectivity index (χ0) is 22.9. The van der Waals surface area contributed by atoms with Crippen LogP contribution in [0.1, 0.15) is 74.8 Å². The van der Waals surface area contributed by atoms with Crippen LogP contribution in [0.4, 0.5) is 5.69 Å². The Morgan fingerprint density at radius 2 is 1.34 bits per heavy atom. The van der Waals surface area contributed by atoms with Crippen LogP contribution in [0.15, 0.2) is 91.0 Å². The molecule has 0 aliphatic heterocycles. The number of aryl methyl sites for hydroxylation is 2. The van der Waals surface area contributed by atoms with E-state index in [-0.39, 0.29) is 0 Å². The van der Waals surface area contributed by atoms with Gasteiger partial charge in [0.05, 0.1) is 6.04 Å². The molecule has 1 heteroatoms. The molecule has 2 atom stereocenters. The maximum absolute atomic E-state index is 4.01. The Balaban J connectivity index is 1.60. The quantitative estimate of drug-likeness (QED) is 0.303. The first-order valence-corrected chi connectivity index (χ1v) is 12.1. The molecule has 0 aliphatic carbocycles. The van der Waals surface area contributed by atoms with Crippen molar-refractivity contribution >= 4 is 5.69 Å². The number of anilines is 1. The lowest BCUT2D eigenvalue weighted by molar-refractivity contribution is 0.546. The Morgan fingerprint density at radius 3 is 1.94 bits per heavy atom. The van der Waals surface area contributed by atoms with Crippen LogP contribution in [0.5, 0.6) is 0 Å². The van der Waals surface area contributed by atoms with Gasteiger partial charge in [0.15, 0.2) is 0 Å². The van der Waals surface area contributed by atoms with Gasteiger partial charge in [0, 0.05) is 5.69 Å². The molecule has 2 unspecified atom stereocenters. The molecular weight excluding hydrogens is 386 g/mol. The molecular formula is C31H39N. The van der Waals surface area contributed by atoms with Gasteiger partial charge in [-0.1, -0.05) is 93.1 Å². The molecule has 0 aromatic heterocycles. The Bertz CT molecular complexity index is 952. The largest absolute Gasteiger partial charge is 0.378 e. The molecule has 0 amide bonds. The Hall–Kier alpha value is -2.80. The fourth-order valence-electron chi connectivity index (χ4n) is 4.16. The van der Waals surface area contributed by atoms with E-state index in [1.807, 2.05) is 0 Å². The number of nitrogens with one attached hydrogen (secondary N) is 1. The van der Waals surface area contributed by atoms with Gasteiger partial charge in [0.25, 0.3) is 0 Å². The van der Waals surface area contributed by atoms with Gasteiger partial charge in [-0.25, -0.2) is 0 Å². The van der Waals surface area contributed by atoms with Crippen molar-refractivity contribution in [2.75, 3.05) is 5.32 Å². The van der Waals surface area contributed by atoms with Crippen molar-refractivity contribution in [2.24, 2.45) is 5.92 Å². The zero-order valence-corrected chi connectivity index (χ0v) is 20.3. The third-order valence-electron chi connectivity index (χ3n) is 6.36. The molecule has 3 rings (SSSR count). The summed E-state index contributed by atoms with van der Waals surface area (Å²) < 4.78 is 0. The second-order valence-electron chi connectivity index (χ2n) is 9.61. The minimum absolute atomic E-state index is 0.300. The van der Waals surface area contributed by atoms with Crippen molar-refractivity contribution < 1.29 is 0 Å². The van der Waals surface area contributed by atoms with Crippen molar-refractivity contribution in [2.45, 2.75) is 65.3 Å². The minimum Gasteiger partial charge on any atom is -0.378 e. The third kappa shape index (κ3) is 7.12. The van der Waals surface area contributed by atoms with Gasteiger partial charge in [0.2, 0.25) is 0 Å². The predicted molar refractivity (Wildman–Crippen MR) is 140 cm³/mol. The molecule has 0 bridgehead atoms. The van der Waals surface area contributed by atoms with Crippen molar-refractivity contribution in [3.63, 3.8) is 0 Å². The Kier molecular flexibility index (Phi) is 8.73. The molecule has 1 nitrogen and oxygen atoms in total. The summed E-state index contributed by atoms with van der Waals surface area (Å²) in [5.41, 5.74) is 7.99. The standard InChI is InChI=1S/C31H39N/c1-23(2)11-13-26-17-21-30(22-18-26)32-31(24(3)4)29-19-15-27(16-20-29)14-12-25(5)28-9-7-6-8-10-28/h6-10,15-22,24-25,31-32H,1,11-14H2,2-5H3. The van der Waals surface area contributed by atoms with Gasteiger partial charge in [-0.05, 0) is 78.8 Å². The van der Waals surface area contributed by atoms with Crippen molar-refractivity contribution in [3.8, 4) is 0 Å². The second-order valence-corrected chi connectivity index (χ2v) is 9.61. The number of allylic oxidation sites excluding steroid dienone is 1. The molecule has 168 valence electrons. The summed E-state index contributed by atoms with van der Waals surface area (Å²) >= 11 is 0. The summed E-state index contributed by atoms with van der Waals surface area (Å²) in [5.74, 6) is 1.08. The first-order chi connectivity index (χ1) is 15.4. The van der Waals surface area contributed by atoms with Crippen LogP contribution in [0.3, 0.4) is 0 Å². The molecule has 0 aliphatic rings. The first-order valence-electron chi connectivity index (χ1n) is 12.1. The summed E-state index contributed by atoms with van der Waals surface area (Å²) in [6, 6.07) is 29.3. The van der Waals surface area contributed by atoms with E-state index in [4.69, 9.17) is 0 Å². The topological polar surface area (TPSA) is 12.0 Å². The van der Waals surface area contributed by atoms with E-state index in [9.17, 15) is 0 Å². The van der Waals surface area contributed by atoms with Gasteiger partial charge >= 0.3 is 0 Å². The number of hydrogen-bond acceptors (Lipinski definition) is 1. The molecule has 3 aromatic carbocycles.